The molecule has 0 saturated carbocycles. The molecule has 3 N–H and O–H groups in total. The fourth-order valence-electron chi connectivity index (χ4n) is 4.81. The van der Waals surface area contributed by atoms with Gasteiger partial charge in [0, 0.05) is 24.6 Å². The zero-order valence-electron chi connectivity index (χ0n) is 22.5. The molecule has 4 atom stereocenters. The van der Waals surface area contributed by atoms with E-state index in [1.165, 1.54) is 0 Å². The second-order valence-electron chi connectivity index (χ2n) is 10.1. The number of benzene rings is 3. The predicted molar refractivity (Wildman–Crippen MR) is 157 cm³/mol. The van der Waals surface area contributed by atoms with E-state index in [4.69, 9.17) is 32.7 Å². The fourth-order valence-corrected chi connectivity index (χ4v) is 5.12. The molecule has 0 spiro atoms. The van der Waals surface area contributed by atoms with Crippen LogP contribution in [0.15, 0.2) is 85.2 Å². The second kappa shape index (κ2) is 13.5. The smallest absolute Gasteiger partial charge is 0.315 e. The standard InChI is InChI=1S/C31H32Cl2N4O4/c1-20-26(17-37-19-36-28(32)29(37)33)40-30(41-27(20)24-11-9-23(18-38)10-12-24)25-13-7-22(8-14-25)16-35-31(39)34-15-21-5-3-2-4-6-21/h2-14,19-20,26-27,30,38H,15-18H2,1H3,(H2,34,35,39). The van der Waals surface area contributed by atoms with Gasteiger partial charge in [-0.05, 0) is 22.3 Å². The normalized spacial score (nSPS) is 20.5. The molecule has 2 amide bonds. The van der Waals surface area contributed by atoms with E-state index in [0.29, 0.717) is 24.8 Å². The lowest BCUT2D eigenvalue weighted by Crippen LogP contribution is -2.39. The van der Waals surface area contributed by atoms with Crippen LogP contribution in [-0.4, -0.2) is 26.8 Å². The SMILES string of the molecule is CC1C(Cn2cnc(Cl)c2Cl)OC(c2ccc(CNC(=O)NCc3ccccc3)cc2)OC1c1ccc(CO)cc1. The Morgan fingerprint density at radius 2 is 1.49 bits per heavy atom. The number of hydrogen-bond acceptors (Lipinski definition) is 5. The lowest BCUT2D eigenvalue weighted by atomic mass is 9.90. The maximum Gasteiger partial charge on any atom is 0.315 e. The summed E-state index contributed by atoms with van der Waals surface area (Å²) < 4.78 is 14.8. The van der Waals surface area contributed by atoms with Crippen LogP contribution in [0, 0.1) is 5.92 Å². The van der Waals surface area contributed by atoms with Gasteiger partial charge in [-0.1, -0.05) is 109 Å². The Morgan fingerprint density at radius 3 is 2.10 bits per heavy atom. The summed E-state index contributed by atoms with van der Waals surface area (Å²) >= 11 is 12.4. The number of hydrogen-bond donors (Lipinski definition) is 3. The molecule has 1 aliphatic rings. The van der Waals surface area contributed by atoms with Crippen LogP contribution in [0.5, 0.6) is 0 Å². The molecule has 41 heavy (non-hydrogen) atoms. The number of rotatable bonds is 9. The number of carbonyl (C=O) groups is 1. The Morgan fingerprint density at radius 1 is 0.878 bits per heavy atom. The first kappa shape index (κ1) is 29.1. The zero-order chi connectivity index (χ0) is 28.8. The summed E-state index contributed by atoms with van der Waals surface area (Å²) in [6.45, 7) is 3.35. The molecule has 1 aliphatic heterocycles. The summed E-state index contributed by atoms with van der Waals surface area (Å²) in [6.07, 6.45) is 0.453. The minimum absolute atomic E-state index is 0.0223. The number of aliphatic hydroxyl groups is 1. The summed E-state index contributed by atoms with van der Waals surface area (Å²) in [5.74, 6) is -0.0265. The average Bonchev–Trinajstić information content (AvgIpc) is 3.33. The van der Waals surface area contributed by atoms with Crippen molar-refractivity contribution in [3.8, 4) is 0 Å². The molecule has 0 aliphatic carbocycles. The summed E-state index contributed by atoms with van der Waals surface area (Å²) in [7, 11) is 0. The molecule has 1 fully saturated rings. The molecule has 10 heteroatoms. The number of nitrogens with one attached hydrogen (secondary N) is 2. The summed E-state index contributed by atoms with van der Waals surface area (Å²) in [5.41, 5.74) is 4.66. The highest BCUT2D eigenvalue weighted by Crippen LogP contribution is 2.42. The maximum absolute atomic E-state index is 12.3. The van der Waals surface area contributed by atoms with Gasteiger partial charge in [0.1, 0.15) is 5.15 Å². The number of aromatic nitrogens is 2. The molecule has 5 rings (SSSR count). The highest BCUT2D eigenvalue weighted by Gasteiger charge is 2.38. The van der Waals surface area contributed by atoms with E-state index in [9.17, 15) is 9.90 Å². The second-order valence-corrected chi connectivity index (χ2v) is 10.8. The van der Waals surface area contributed by atoms with Gasteiger partial charge in [-0.3, -0.25) is 0 Å². The van der Waals surface area contributed by atoms with Gasteiger partial charge < -0.3 is 29.8 Å². The van der Waals surface area contributed by atoms with Gasteiger partial charge in [-0.15, -0.1) is 0 Å². The first-order valence-electron chi connectivity index (χ1n) is 13.4. The van der Waals surface area contributed by atoms with Crippen molar-refractivity contribution in [2.24, 2.45) is 5.92 Å². The van der Waals surface area contributed by atoms with Crippen molar-refractivity contribution in [1.29, 1.82) is 0 Å². The molecule has 3 aromatic carbocycles. The van der Waals surface area contributed by atoms with Crippen molar-refractivity contribution in [3.05, 3.63) is 123 Å². The quantitative estimate of drug-likeness (QED) is 0.215. The minimum Gasteiger partial charge on any atom is -0.392 e. The van der Waals surface area contributed by atoms with Crippen LogP contribution >= 0.6 is 23.2 Å². The van der Waals surface area contributed by atoms with Crippen molar-refractivity contribution in [3.63, 3.8) is 0 Å². The van der Waals surface area contributed by atoms with Crippen molar-refractivity contribution in [2.45, 2.75) is 51.7 Å². The van der Waals surface area contributed by atoms with E-state index in [1.54, 1.807) is 10.9 Å². The number of halogens is 2. The molecule has 8 nitrogen and oxygen atoms in total. The summed E-state index contributed by atoms with van der Waals surface area (Å²) in [5, 5.41) is 15.8. The Bertz CT molecular complexity index is 1430. The molecule has 2 heterocycles. The lowest BCUT2D eigenvalue weighted by molar-refractivity contribution is -0.276. The molecule has 1 saturated heterocycles. The highest BCUT2D eigenvalue weighted by molar-refractivity contribution is 6.40. The highest BCUT2D eigenvalue weighted by atomic mass is 35.5. The van der Waals surface area contributed by atoms with Gasteiger partial charge in [0.15, 0.2) is 11.4 Å². The molecule has 4 aromatic rings. The Balaban J connectivity index is 1.27. The Kier molecular flexibility index (Phi) is 9.59. The van der Waals surface area contributed by atoms with Gasteiger partial charge in [-0.2, -0.15) is 0 Å². The van der Waals surface area contributed by atoms with Crippen molar-refractivity contribution < 1.29 is 19.4 Å². The number of aliphatic hydroxyl groups excluding tert-OH is 1. The number of carbonyl (C=O) groups excluding carboxylic acids is 1. The van der Waals surface area contributed by atoms with Crippen LogP contribution < -0.4 is 10.6 Å². The number of nitrogens with zero attached hydrogens (tertiary/aromatic N) is 2. The summed E-state index contributed by atoms with van der Waals surface area (Å²) in [6, 6.07) is 25.1. The predicted octanol–water partition coefficient (Wildman–Crippen LogP) is 6.17. The molecule has 4 unspecified atom stereocenters. The van der Waals surface area contributed by atoms with E-state index >= 15 is 0 Å². The minimum atomic E-state index is -0.632. The molecule has 1 aromatic heterocycles. The third-order valence-electron chi connectivity index (χ3n) is 7.23. The zero-order valence-corrected chi connectivity index (χ0v) is 24.1. The van der Waals surface area contributed by atoms with Gasteiger partial charge in [0.05, 0.1) is 31.7 Å². The van der Waals surface area contributed by atoms with Gasteiger partial charge in [0.25, 0.3) is 0 Å². The molecular weight excluding hydrogens is 563 g/mol. The molecule has 0 radical (unpaired) electrons. The van der Waals surface area contributed by atoms with Crippen molar-refractivity contribution >= 4 is 29.2 Å². The largest absolute Gasteiger partial charge is 0.392 e. The number of ether oxygens (including phenoxy) is 2. The Labute approximate surface area is 249 Å². The third kappa shape index (κ3) is 7.28. The lowest BCUT2D eigenvalue weighted by Gasteiger charge is -2.41. The maximum atomic E-state index is 12.3. The van der Waals surface area contributed by atoms with E-state index in [1.807, 2.05) is 78.9 Å². The van der Waals surface area contributed by atoms with Crippen LogP contribution in [0.4, 0.5) is 4.79 Å². The van der Waals surface area contributed by atoms with Gasteiger partial charge in [0.2, 0.25) is 0 Å². The van der Waals surface area contributed by atoms with Crippen molar-refractivity contribution in [1.82, 2.24) is 20.2 Å². The van der Waals surface area contributed by atoms with Crippen LogP contribution in [0.1, 0.15) is 47.1 Å². The molecule has 214 valence electrons. The molecule has 0 bridgehead atoms. The summed E-state index contributed by atoms with van der Waals surface area (Å²) in [4.78, 5) is 16.4. The van der Waals surface area contributed by atoms with Crippen LogP contribution in [0.3, 0.4) is 0 Å². The van der Waals surface area contributed by atoms with Crippen LogP contribution in [-0.2, 0) is 35.7 Å². The van der Waals surface area contributed by atoms with E-state index in [0.717, 1.165) is 27.8 Å². The van der Waals surface area contributed by atoms with Crippen LogP contribution in [0.25, 0.3) is 0 Å². The monoisotopic (exact) mass is 594 g/mol. The van der Waals surface area contributed by atoms with Crippen LogP contribution in [0.2, 0.25) is 10.3 Å². The topological polar surface area (TPSA) is 97.6 Å². The number of amides is 2. The van der Waals surface area contributed by atoms with E-state index < -0.39 is 6.29 Å². The fraction of sp³-hybridized carbons (Fsp3) is 0.290. The Hall–Kier alpha value is -3.40. The first-order chi connectivity index (χ1) is 19.9. The van der Waals surface area contributed by atoms with Gasteiger partial charge >= 0.3 is 6.03 Å². The average molecular weight is 596 g/mol. The number of urea groups is 1. The van der Waals surface area contributed by atoms with E-state index in [2.05, 4.69) is 22.5 Å². The van der Waals surface area contributed by atoms with Crippen molar-refractivity contribution in [2.75, 3.05) is 0 Å². The third-order valence-corrected chi connectivity index (χ3v) is 8.00. The number of imidazole rings is 1. The molecular formula is C31H32Cl2N4O4. The van der Waals surface area contributed by atoms with Gasteiger partial charge in [-0.25, -0.2) is 9.78 Å². The van der Waals surface area contributed by atoms with E-state index in [-0.39, 0.29) is 35.9 Å². The first-order valence-corrected chi connectivity index (χ1v) is 14.2.